The van der Waals surface area contributed by atoms with E-state index in [1.807, 2.05) is 0 Å². The van der Waals surface area contributed by atoms with Gasteiger partial charge in [0.2, 0.25) is 6.79 Å². The lowest BCUT2D eigenvalue weighted by Gasteiger charge is -2.17. The van der Waals surface area contributed by atoms with Crippen molar-refractivity contribution >= 4 is 5.91 Å². The standard InChI is InChI=1S/C14H17NO5/c1-8(14(17)15-10-2-3-10)20-11-5-13-12(18-7-19-13)4-9(11)6-16/h4-5,8,10,16H,2-3,6-7H2,1H3,(H,15,17). The number of aliphatic hydroxyl groups is 1. The van der Waals surface area contributed by atoms with E-state index in [1.165, 1.54) is 0 Å². The zero-order chi connectivity index (χ0) is 14.1. The van der Waals surface area contributed by atoms with Crippen molar-refractivity contribution in [2.75, 3.05) is 6.79 Å². The Kier molecular flexibility index (Phi) is 3.40. The summed E-state index contributed by atoms with van der Waals surface area (Å²) in [7, 11) is 0. The van der Waals surface area contributed by atoms with Crippen LogP contribution in [0.1, 0.15) is 25.3 Å². The van der Waals surface area contributed by atoms with Gasteiger partial charge in [-0.2, -0.15) is 0 Å². The van der Waals surface area contributed by atoms with E-state index in [0.29, 0.717) is 28.9 Å². The second-order valence-corrected chi connectivity index (χ2v) is 5.01. The van der Waals surface area contributed by atoms with Crippen molar-refractivity contribution in [1.82, 2.24) is 5.32 Å². The van der Waals surface area contributed by atoms with E-state index in [2.05, 4.69) is 5.32 Å². The smallest absolute Gasteiger partial charge is 0.260 e. The van der Waals surface area contributed by atoms with Crippen molar-refractivity contribution in [2.45, 2.75) is 38.5 Å². The van der Waals surface area contributed by atoms with E-state index in [-0.39, 0.29) is 19.3 Å². The Morgan fingerprint density at radius 1 is 1.45 bits per heavy atom. The molecule has 0 bridgehead atoms. The topological polar surface area (TPSA) is 77.0 Å². The summed E-state index contributed by atoms with van der Waals surface area (Å²) in [5.41, 5.74) is 0.570. The van der Waals surface area contributed by atoms with Crippen LogP contribution in [-0.4, -0.2) is 30.0 Å². The predicted octanol–water partition coefficient (Wildman–Crippen LogP) is 0.953. The van der Waals surface area contributed by atoms with E-state index < -0.39 is 6.10 Å². The lowest BCUT2D eigenvalue weighted by atomic mass is 10.2. The van der Waals surface area contributed by atoms with Gasteiger partial charge in [0.25, 0.3) is 5.91 Å². The molecular weight excluding hydrogens is 262 g/mol. The minimum absolute atomic E-state index is 0.144. The molecule has 2 N–H and O–H groups in total. The van der Waals surface area contributed by atoms with Gasteiger partial charge < -0.3 is 24.6 Å². The van der Waals surface area contributed by atoms with Gasteiger partial charge >= 0.3 is 0 Å². The van der Waals surface area contributed by atoms with Crippen LogP contribution in [0.15, 0.2) is 12.1 Å². The number of ether oxygens (including phenoxy) is 3. The molecule has 108 valence electrons. The van der Waals surface area contributed by atoms with Crippen molar-refractivity contribution < 1.29 is 24.1 Å². The highest BCUT2D eigenvalue weighted by molar-refractivity contribution is 5.81. The van der Waals surface area contributed by atoms with Crippen LogP contribution in [0.25, 0.3) is 0 Å². The summed E-state index contributed by atoms with van der Waals surface area (Å²) in [5.74, 6) is 1.44. The number of hydrogen-bond acceptors (Lipinski definition) is 5. The van der Waals surface area contributed by atoms with Crippen LogP contribution >= 0.6 is 0 Å². The number of amides is 1. The maximum Gasteiger partial charge on any atom is 0.260 e. The van der Waals surface area contributed by atoms with Gasteiger partial charge in [-0.05, 0) is 25.8 Å². The molecule has 6 nitrogen and oxygen atoms in total. The molecule has 2 aliphatic rings. The van der Waals surface area contributed by atoms with E-state index in [9.17, 15) is 9.90 Å². The first-order chi connectivity index (χ1) is 9.67. The number of rotatable bonds is 5. The molecule has 0 spiro atoms. The molecule has 3 rings (SSSR count). The third-order valence-electron chi connectivity index (χ3n) is 3.32. The second kappa shape index (κ2) is 5.20. The van der Waals surface area contributed by atoms with Crippen molar-refractivity contribution in [3.63, 3.8) is 0 Å². The van der Waals surface area contributed by atoms with Gasteiger partial charge in [0, 0.05) is 17.7 Å². The highest BCUT2D eigenvalue weighted by atomic mass is 16.7. The van der Waals surface area contributed by atoms with Crippen LogP contribution in [0.4, 0.5) is 0 Å². The van der Waals surface area contributed by atoms with Crippen LogP contribution in [0.3, 0.4) is 0 Å². The predicted molar refractivity (Wildman–Crippen MR) is 69.7 cm³/mol. The van der Waals surface area contributed by atoms with E-state index in [0.717, 1.165) is 12.8 Å². The van der Waals surface area contributed by atoms with E-state index >= 15 is 0 Å². The molecule has 0 radical (unpaired) electrons. The second-order valence-electron chi connectivity index (χ2n) is 5.01. The summed E-state index contributed by atoms with van der Waals surface area (Å²) < 4.78 is 16.2. The lowest BCUT2D eigenvalue weighted by Crippen LogP contribution is -2.37. The third-order valence-corrected chi connectivity index (χ3v) is 3.32. The van der Waals surface area contributed by atoms with Gasteiger partial charge in [0.05, 0.1) is 6.61 Å². The summed E-state index contributed by atoms with van der Waals surface area (Å²) in [4.78, 5) is 11.9. The fourth-order valence-electron chi connectivity index (χ4n) is 1.99. The fourth-order valence-corrected chi connectivity index (χ4v) is 1.99. The Morgan fingerprint density at radius 2 is 2.15 bits per heavy atom. The molecule has 1 aromatic carbocycles. The fraction of sp³-hybridized carbons (Fsp3) is 0.500. The summed E-state index contributed by atoms with van der Waals surface area (Å²) in [6.07, 6.45) is 1.44. The number of carbonyl (C=O) groups excluding carboxylic acids is 1. The molecule has 1 aliphatic carbocycles. The highest BCUT2D eigenvalue weighted by Gasteiger charge is 2.27. The van der Waals surface area contributed by atoms with Gasteiger partial charge in [0.1, 0.15) is 5.75 Å². The maximum atomic E-state index is 11.9. The van der Waals surface area contributed by atoms with Gasteiger partial charge in [-0.15, -0.1) is 0 Å². The normalized spacial score (nSPS) is 17.7. The highest BCUT2D eigenvalue weighted by Crippen LogP contribution is 2.38. The molecule has 1 atom stereocenters. The molecule has 6 heteroatoms. The molecule has 20 heavy (non-hydrogen) atoms. The molecule has 1 aromatic rings. The van der Waals surface area contributed by atoms with Crippen LogP contribution in [0.2, 0.25) is 0 Å². The molecular formula is C14H17NO5. The largest absolute Gasteiger partial charge is 0.480 e. The summed E-state index contributed by atoms with van der Waals surface area (Å²) in [6, 6.07) is 3.61. The SMILES string of the molecule is CC(Oc1cc2c(cc1CO)OCO2)C(=O)NC1CC1. The van der Waals surface area contributed by atoms with Crippen molar-refractivity contribution in [2.24, 2.45) is 0 Å². The van der Waals surface area contributed by atoms with Gasteiger partial charge in [-0.3, -0.25) is 4.79 Å². The first kappa shape index (κ1) is 13.1. The zero-order valence-corrected chi connectivity index (χ0v) is 11.2. The lowest BCUT2D eigenvalue weighted by molar-refractivity contribution is -0.127. The molecule has 0 saturated heterocycles. The molecule has 1 unspecified atom stereocenters. The van der Waals surface area contributed by atoms with Gasteiger partial charge in [0.15, 0.2) is 17.6 Å². The Balaban J connectivity index is 1.73. The summed E-state index contributed by atoms with van der Waals surface area (Å²) in [5, 5.41) is 12.3. The average molecular weight is 279 g/mol. The van der Waals surface area contributed by atoms with Gasteiger partial charge in [-0.1, -0.05) is 0 Å². The van der Waals surface area contributed by atoms with Crippen LogP contribution in [-0.2, 0) is 11.4 Å². The minimum atomic E-state index is -0.624. The number of benzene rings is 1. The van der Waals surface area contributed by atoms with Crippen molar-refractivity contribution in [3.8, 4) is 17.2 Å². The van der Waals surface area contributed by atoms with Crippen LogP contribution in [0, 0.1) is 0 Å². The van der Waals surface area contributed by atoms with Crippen LogP contribution < -0.4 is 19.5 Å². The Hall–Kier alpha value is -1.95. The van der Waals surface area contributed by atoms with Crippen molar-refractivity contribution in [1.29, 1.82) is 0 Å². The summed E-state index contributed by atoms with van der Waals surface area (Å²) in [6.45, 7) is 1.65. The Bertz CT molecular complexity index is 527. The van der Waals surface area contributed by atoms with E-state index in [4.69, 9.17) is 14.2 Å². The monoisotopic (exact) mass is 279 g/mol. The quantitative estimate of drug-likeness (QED) is 0.839. The maximum absolute atomic E-state index is 11.9. The molecule has 1 aliphatic heterocycles. The van der Waals surface area contributed by atoms with Gasteiger partial charge in [-0.25, -0.2) is 0 Å². The molecule has 1 heterocycles. The minimum Gasteiger partial charge on any atom is -0.480 e. The number of fused-ring (bicyclic) bond motifs is 1. The zero-order valence-electron chi connectivity index (χ0n) is 11.2. The van der Waals surface area contributed by atoms with Crippen LogP contribution in [0.5, 0.6) is 17.2 Å². The molecule has 1 fully saturated rings. The van der Waals surface area contributed by atoms with E-state index in [1.54, 1.807) is 19.1 Å². The first-order valence-corrected chi connectivity index (χ1v) is 6.68. The number of nitrogens with one attached hydrogen (secondary N) is 1. The molecule has 1 amide bonds. The third kappa shape index (κ3) is 2.65. The number of carbonyl (C=O) groups is 1. The Morgan fingerprint density at radius 3 is 2.80 bits per heavy atom. The number of hydrogen-bond donors (Lipinski definition) is 2. The molecule has 1 saturated carbocycles. The number of aliphatic hydroxyl groups excluding tert-OH is 1. The summed E-state index contributed by atoms with van der Waals surface area (Å²) >= 11 is 0. The Labute approximate surface area is 116 Å². The van der Waals surface area contributed by atoms with Crippen molar-refractivity contribution in [3.05, 3.63) is 17.7 Å². The molecule has 0 aromatic heterocycles. The first-order valence-electron chi connectivity index (χ1n) is 6.68. The average Bonchev–Trinajstić information content (AvgIpc) is 3.13.